The van der Waals surface area contributed by atoms with E-state index in [2.05, 4.69) is 0 Å². The number of phenolic OH excluding ortho intramolecular Hbond substituents is 1. The molecule has 3 aromatic rings. The van der Waals surface area contributed by atoms with Gasteiger partial charge < -0.3 is 19.7 Å². The summed E-state index contributed by atoms with van der Waals surface area (Å²) < 4.78 is 5.50. The Morgan fingerprint density at radius 3 is 2.19 bits per heavy atom. The van der Waals surface area contributed by atoms with Crippen molar-refractivity contribution >= 4 is 11.0 Å². The van der Waals surface area contributed by atoms with Crippen LogP contribution < -0.4 is 5.63 Å². The van der Waals surface area contributed by atoms with Crippen LogP contribution in [0.15, 0.2) is 51.7 Å². The van der Waals surface area contributed by atoms with Crippen molar-refractivity contribution in [1.29, 1.82) is 0 Å². The van der Waals surface area contributed by atoms with Crippen molar-refractivity contribution in [3.05, 3.63) is 64.0 Å². The molecular weight excluding hydrogens is 332 g/mol. The van der Waals surface area contributed by atoms with Crippen LogP contribution in [0.2, 0.25) is 0 Å². The molecule has 1 aromatic heterocycles. The van der Waals surface area contributed by atoms with Gasteiger partial charge in [0.15, 0.2) is 0 Å². The second-order valence-electron chi connectivity index (χ2n) is 5.61. The van der Waals surface area contributed by atoms with Gasteiger partial charge in [0.1, 0.15) is 11.3 Å². The summed E-state index contributed by atoms with van der Waals surface area (Å²) in [6, 6.07) is 11.8. The summed E-state index contributed by atoms with van der Waals surface area (Å²) in [5.41, 5.74) is 2.70. The van der Waals surface area contributed by atoms with Gasteiger partial charge in [-0.05, 0) is 53.8 Å². The standard InChI is InChI=1S/C19H18O5.C2H6/c20-7-5-12-9-14(6-8-21)18-15(10-12)11-17(19(23)24-18)13-1-3-16(22)4-2-13;1-2/h1-4,9-11,20-22H,5-8H2;1-2H3. The third-order valence-electron chi connectivity index (χ3n) is 3.93. The highest BCUT2D eigenvalue weighted by molar-refractivity contribution is 5.85. The molecule has 0 radical (unpaired) electrons. The fraction of sp³-hybridized carbons (Fsp3) is 0.286. The zero-order valence-electron chi connectivity index (χ0n) is 15.0. The molecule has 0 aliphatic rings. The minimum Gasteiger partial charge on any atom is -0.508 e. The minimum absolute atomic E-state index is 0.0195. The predicted molar refractivity (Wildman–Crippen MR) is 103 cm³/mol. The van der Waals surface area contributed by atoms with E-state index in [1.54, 1.807) is 18.2 Å². The predicted octanol–water partition coefficient (Wildman–Crippen LogP) is 3.26. The lowest BCUT2D eigenvalue weighted by Gasteiger charge is -2.09. The highest BCUT2D eigenvalue weighted by atomic mass is 16.4. The van der Waals surface area contributed by atoms with Gasteiger partial charge >= 0.3 is 5.63 Å². The van der Waals surface area contributed by atoms with E-state index in [4.69, 9.17) is 9.52 Å². The summed E-state index contributed by atoms with van der Waals surface area (Å²) in [5.74, 6) is 0.124. The van der Waals surface area contributed by atoms with E-state index in [0.717, 1.165) is 16.5 Å². The smallest absolute Gasteiger partial charge is 0.344 e. The Hall–Kier alpha value is -2.63. The summed E-state index contributed by atoms with van der Waals surface area (Å²) in [4.78, 5) is 12.4. The summed E-state index contributed by atoms with van der Waals surface area (Å²) in [6.45, 7) is 3.97. The van der Waals surface area contributed by atoms with Crippen LogP contribution in [0, 0.1) is 0 Å². The van der Waals surface area contributed by atoms with Crippen LogP contribution in [0.3, 0.4) is 0 Å². The molecule has 0 aliphatic carbocycles. The molecule has 5 nitrogen and oxygen atoms in total. The third kappa shape index (κ3) is 4.31. The number of hydrogen-bond acceptors (Lipinski definition) is 5. The first-order valence-corrected chi connectivity index (χ1v) is 8.73. The molecule has 0 bridgehead atoms. The van der Waals surface area contributed by atoms with Crippen molar-refractivity contribution in [2.24, 2.45) is 0 Å². The molecule has 2 aromatic carbocycles. The number of fused-ring (bicyclic) bond motifs is 1. The van der Waals surface area contributed by atoms with Gasteiger partial charge in [0.2, 0.25) is 0 Å². The molecule has 3 rings (SSSR count). The quantitative estimate of drug-likeness (QED) is 0.611. The fourth-order valence-electron chi connectivity index (χ4n) is 2.80. The first-order valence-electron chi connectivity index (χ1n) is 8.73. The molecule has 0 spiro atoms. The van der Waals surface area contributed by atoms with Crippen molar-refractivity contribution in [2.75, 3.05) is 13.2 Å². The number of hydrogen-bond donors (Lipinski definition) is 3. The topological polar surface area (TPSA) is 90.9 Å². The van der Waals surface area contributed by atoms with Gasteiger partial charge in [-0.15, -0.1) is 0 Å². The highest BCUT2D eigenvalue weighted by Gasteiger charge is 2.12. The molecule has 0 aliphatic heterocycles. The maximum absolute atomic E-state index is 12.4. The van der Waals surface area contributed by atoms with E-state index < -0.39 is 5.63 Å². The van der Waals surface area contributed by atoms with Gasteiger partial charge in [0.05, 0.1) is 5.56 Å². The molecule has 0 amide bonds. The average molecular weight is 356 g/mol. The normalized spacial score (nSPS) is 10.5. The van der Waals surface area contributed by atoms with Crippen molar-refractivity contribution in [3.8, 4) is 16.9 Å². The summed E-state index contributed by atoms with van der Waals surface area (Å²) in [7, 11) is 0. The number of phenols is 1. The van der Waals surface area contributed by atoms with Gasteiger partial charge in [-0.25, -0.2) is 4.79 Å². The van der Waals surface area contributed by atoms with Gasteiger partial charge in [0, 0.05) is 18.6 Å². The Balaban J connectivity index is 0.00000117. The van der Waals surface area contributed by atoms with Crippen LogP contribution in [0.25, 0.3) is 22.1 Å². The van der Waals surface area contributed by atoms with Crippen LogP contribution in [0.1, 0.15) is 25.0 Å². The molecule has 0 saturated carbocycles. The SMILES string of the molecule is CC.O=c1oc2c(CCO)cc(CCO)cc2cc1-c1ccc(O)cc1. The van der Waals surface area contributed by atoms with Gasteiger partial charge in [-0.3, -0.25) is 0 Å². The van der Waals surface area contributed by atoms with Crippen LogP contribution in [-0.2, 0) is 12.8 Å². The highest BCUT2D eigenvalue weighted by Crippen LogP contribution is 2.26. The Labute approximate surface area is 152 Å². The second-order valence-corrected chi connectivity index (χ2v) is 5.61. The molecule has 0 saturated heterocycles. The summed E-state index contributed by atoms with van der Waals surface area (Å²) >= 11 is 0. The van der Waals surface area contributed by atoms with E-state index >= 15 is 0 Å². The van der Waals surface area contributed by atoms with Crippen molar-refractivity contribution in [2.45, 2.75) is 26.7 Å². The number of aliphatic hydroxyl groups is 2. The van der Waals surface area contributed by atoms with E-state index in [1.807, 2.05) is 26.0 Å². The van der Waals surface area contributed by atoms with E-state index in [9.17, 15) is 15.0 Å². The molecule has 26 heavy (non-hydrogen) atoms. The first kappa shape index (κ1) is 19.7. The molecule has 0 fully saturated rings. The number of rotatable bonds is 5. The number of benzene rings is 2. The first-order chi connectivity index (χ1) is 12.6. The molecule has 5 heteroatoms. The molecule has 1 heterocycles. The third-order valence-corrected chi connectivity index (χ3v) is 3.93. The van der Waals surface area contributed by atoms with Crippen LogP contribution in [-0.4, -0.2) is 28.5 Å². The molecule has 0 unspecified atom stereocenters. The minimum atomic E-state index is -0.470. The van der Waals surface area contributed by atoms with Crippen molar-refractivity contribution in [3.63, 3.8) is 0 Å². The maximum atomic E-state index is 12.4. The van der Waals surface area contributed by atoms with Crippen molar-refractivity contribution in [1.82, 2.24) is 0 Å². The molecule has 138 valence electrons. The van der Waals surface area contributed by atoms with E-state index in [1.165, 1.54) is 12.1 Å². The van der Waals surface area contributed by atoms with Crippen LogP contribution in [0.4, 0.5) is 0 Å². The summed E-state index contributed by atoms with van der Waals surface area (Å²) in [6.07, 6.45) is 0.860. The van der Waals surface area contributed by atoms with Crippen LogP contribution in [0.5, 0.6) is 5.75 Å². The zero-order valence-corrected chi connectivity index (χ0v) is 15.0. The maximum Gasteiger partial charge on any atom is 0.344 e. The monoisotopic (exact) mass is 356 g/mol. The van der Waals surface area contributed by atoms with Gasteiger partial charge in [-0.1, -0.05) is 32.0 Å². The number of aliphatic hydroxyl groups excluding tert-OH is 2. The van der Waals surface area contributed by atoms with Gasteiger partial charge in [-0.2, -0.15) is 0 Å². The lowest BCUT2D eigenvalue weighted by Crippen LogP contribution is -2.05. The Kier molecular flexibility index (Phi) is 6.95. The van der Waals surface area contributed by atoms with Crippen LogP contribution >= 0.6 is 0 Å². The second kappa shape index (κ2) is 9.17. The lowest BCUT2D eigenvalue weighted by molar-refractivity contribution is 0.298. The van der Waals surface area contributed by atoms with E-state index in [-0.39, 0.29) is 19.0 Å². The molecule has 0 atom stereocenters. The summed E-state index contributed by atoms with van der Waals surface area (Å²) in [5, 5.41) is 28.5. The van der Waals surface area contributed by atoms with Crippen molar-refractivity contribution < 1.29 is 19.7 Å². The molecular formula is C21H24O5. The Morgan fingerprint density at radius 2 is 1.58 bits per heavy atom. The molecule has 3 N–H and O–H groups in total. The fourth-order valence-corrected chi connectivity index (χ4v) is 2.80. The number of aromatic hydroxyl groups is 1. The zero-order chi connectivity index (χ0) is 19.1. The Bertz CT molecular complexity index is 910. The van der Waals surface area contributed by atoms with E-state index in [0.29, 0.717) is 29.6 Å². The Morgan fingerprint density at radius 1 is 0.923 bits per heavy atom. The largest absolute Gasteiger partial charge is 0.508 e. The average Bonchev–Trinajstić information content (AvgIpc) is 2.65. The lowest BCUT2D eigenvalue weighted by atomic mass is 9.99. The van der Waals surface area contributed by atoms with Gasteiger partial charge in [0.25, 0.3) is 0 Å².